The number of aryl methyl sites for hydroxylation is 2. The summed E-state index contributed by atoms with van der Waals surface area (Å²) in [6.45, 7) is 12.4. The van der Waals surface area contributed by atoms with Gasteiger partial charge in [0.15, 0.2) is 6.61 Å². The van der Waals surface area contributed by atoms with Crippen LogP contribution < -0.4 is 10.1 Å². The molecule has 0 aliphatic rings. The highest BCUT2D eigenvalue weighted by atomic mass is 16.5. The van der Waals surface area contributed by atoms with Crippen LogP contribution in [-0.4, -0.2) is 40.8 Å². The molecule has 0 heterocycles. The number of carbonyl (C=O) groups is 2. The largest absolute Gasteiger partial charge is 0.484 e. The third-order valence-electron chi connectivity index (χ3n) is 7.57. The van der Waals surface area contributed by atoms with Crippen molar-refractivity contribution in [3.8, 4) is 5.75 Å². The van der Waals surface area contributed by atoms with Gasteiger partial charge < -0.3 is 20.3 Å². The highest BCUT2D eigenvalue weighted by Gasteiger charge is 2.31. The van der Waals surface area contributed by atoms with Gasteiger partial charge in [-0.2, -0.15) is 0 Å². The zero-order chi connectivity index (χ0) is 27.6. The van der Waals surface area contributed by atoms with Gasteiger partial charge in [-0.25, -0.2) is 0 Å². The maximum Gasteiger partial charge on any atom is 0.305 e. The number of carboxylic acid groups (broad SMARTS) is 1. The van der Waals surface area contributed by atoms with Crippen molar-refractivity contribution in [2.45, 2.75) is 84.7 Å². The number of amides is 1. The fraction of sp³-hybridized carbons (Fsp3) is 0.484. The molecule has 2 aromatic carbocycles. The molecule has 2 rings (SSSR count). The minimum atomic E-state index is -0.954. The number of nitrogens with one attached hydrogen (secondary N) is 1. The number of carbonyl (C=O) groups excluding carboxylic acids is 1. The number of ether oxygens (including phenoxy) is 1. The molecular formula is C31H43NO5. The molecule has 1 amide bonds. The van der Waals surface area contributed by atoms with Crippen LogP contribution in [0.1, 0.15) is 87.6 Å². The maximum atomic E-state index is 12.0. The summed E-state index contributed by atoms with van der Waals surface area (Å²) in [5, 5.41) is 21.9. The van der Waals surface area contributed by atoms with Crippen molar-refractivity contribution in [1.29, 1.82) is 0 Å². The Kier molecular flexibility index (Phi) is 10.9. The normalized spacial score (nSPS) is 12.1. The van der Waals surface area contributed by atoms with Crippen LogP contribution >= 0.6 is 0 Å². The Morgan fingerprint density at radius 3 is 2.03 bits per heavy atom. The average Bonchev–Trinajstić information content (AvgIpc) is 2.88. The van der Waals surface area contributed by atoms with E-state index in [9.17, 15) is 14.7 Å². The second-order valence-electron chi connectivity index (χ2n) is 9.77. The van der Waals surface area contributed by atoms with Crippen LogP contribution in [0.5, 0.6) is 5.75 Å². The maximum absolute atomic E-state index is 12.0. The van der Waals surface area contributed by atoms with E-state index in [2.05, 4.69) is 56.4 Å². The molecule has 6 nitrogen and oxygen atoms in total. The Hall–Kier alpha value is -3.12. The van der Waals surface area contributed by atoms with E-state index in [1.165, 1.54) is 16.7 Å². The van der Waals surface area contributed by atoms with E-state index < -0.39 is 11.6 Å². The monoisotopic (exact) mass is 509 g/mol. The number of aliphatic hydroxyl groups is 1. The van der Waals surface area contributed by atoms with E-state index in [1.807, 2.05) is 39.0 Å². The van der Waals surface area contributed by atoms with Gasteiger partial charge in [-0.1, -0.05) is 70.2 Å². The van der Waals surface area contributed by atoms with Crippen molar-refractivity contribution in [3.63, 3.8) is 0 Å². The highest BCUT2D eigenvalue weighted by Crippen LogP contribution is 2.41. The molecule has 0 bridgehead atoms. The molecule has 0 spiro atoms. The van der Waals surface area contributed by atoms with Crippen LogP contribution in [0.3, 0.4) is 0 Å². The fourth-order valence-electron chi connectivity index (χ4n) is 4.74. The molecule has 0 aliphatic heterocycles. The summed E-state index contributed by atoms with van der Waals surface area (Å²) in [5.74, 6) is -0.666. The molecule has 0 fully saturated rings. The zero-order valence-electron chi connectivity index (χ0n) is 23.2. The lowest BCUT2D eigenvalue weighted by Gasteiger charge is -2.34. The van der Waals surface area contributed by atoms with Gasteiger partial charge in [0.25, 0.3) is 5.91 Å². The van der Waals surface area contributed by atoms with Gasteiger partial charge in [0, 0.05) is 12.0 Å². The minimum absolute atomic E-state index is 0.0804. The fourth-order valence-corrected chi connectivity index (χ4v) is 4.74. The third kappa shape index (κ3) is 7.68. The number of benzene rings is 2. The van der Waals surface area contributed by atoms with Gasteiger partial charge in [0.2, 0.25) is 0 Å². The summed E-state index contributed by atoms with van der Waals surface area (Å²) in [5.41, 5.74) is 4.71. The van der Waals surface area contributed by atoms with Crippen LogP contribution in [0.2, 0.25) is 0 Å². The molecule has 0 aliphatic carbocycles. The molecule has 0 saturated carbocycles. The summed E-state index contributed by atoms with van der Waals surface area (Å²) < 4.78 is 5.72. The lowest BCUT2D eigenvalue weighted by atomic mass is 9.70. The van der Waals surface area contributed by atoms with Crippen LogP contribution in [0.4, 0.5) is 0 Å². The predicted octanol–water partition coefficient (Wildman–Crippen LogP) is 5.94. The van der Waals surface area contributed by atoms with Gasteiger partial charge in [-0.3, -0.25) is 9.59 Å². The Balaban J connectivity index is 2.26. The second kappa shape index (κ2) is 13.4. The Morgan fingerprint density at radius 2 is 1.51 bits per heavy atom. The minimum Gasteiger partial charge on any atom is -0.484 e. The van der Waals surface area contributed by atoms with Gasteiger partial charge in [0.1, 0.15) is 5.75 Å². The van der Waals surface area contributed by atoms with Crippen molar-refractivity contribution >= 4 is 18.0 Å². The summed E-state index contributed by atoms with van der Waals surface area (Å²) in [6, 6.07) is 12.7. The quantitative estimate of drug-likeness (QED) is 0.293. The van der Waals surface area contributed by atoms with E-state index >= 15 is 0 Å². The number of hydrogen-bond acceptors (Lipinski definition) is 4. The summed E-state index contributed by atoms with van der Waals surface area (Å²) in [7, 11) is 0. The average molecular weight is 510 g/mol. The van der Waals surface area contributed by atoms with Crippen LogP contribution in [-0.2, 0) is 15.0 Å². The topological polar surface area (TPSA) is 95.9 Å². The Labute approximate surface area is 221 Å². The van der Waals surface area contributed by atoms with Gasteiger partial charge in [0.05, 0.1) is 12.0 Å². The lowest BCUT2D eigenvalue weighted by molar-refractivity contribution is -0.137. The van der Waals surface area contributed by atoms with Crippen LogP contribution in [0.15, 0.2) is 42.5 Å². The van der Waals surface area contributed by atoms with E-state index in [4.69, 9.17) is 9.84 Å². The van der Waals surface area contributed by atoms with Gasteiger partial charge in [-0.05, 0) is 73.4 Å². The second-order valence-corrected chi connectivity index (χ2v) is 9.77. The third-order valence-corrected chi connectivity index (χ3v) is 7.57. The molecule has 0 saturated heterocycles. The molecule has 37 heavy (non-hydrogen) atoms. The first-order valence-corrected chi connectivity index (χ1v) is 13.3. The van der Waals surface area contributed by atoms with E-state index in [0.29, 0.717) is 18.6 Å². The molecule has 6 heteroatoms. The van der Waals surface area contributed by atoms with Crippen molar-refractivity contribution < 1.29 is 24.5 Å². The summed E-state index contributed by atoms with van der Waals surface area (Å²) in [6.07, 6.45) is 7.04. The number of rotatable bonds is 14. The van der Waals surface area contributed by atoms with Crippen molar-refractivity contribution in [2.24, 2.45) is 0 Å². The van der Waals surface area contributed by atoms with E-state index in [-0.39, 0.29) is 30.9 Å². The van der Waals surface area contributed by atoms with Gasteiger partial charge >= 0.3 is 5.97 Å². The first-order chi connectivity index (χ1) is 17.5. The molecule has 202 valence electrons. The highest BCUT2D eigenvalue weighted by molar-refractivity contribution is 5.78. The van der Waals surface area contributed by atoms with Crippen LogP contribution in [0.25, 0.3) is 6.08 Å². The van der Waals surface area contributed by atoms with Crippen molar-refractivity contribution in [1.82, 2.24) is 5.32 Å². The molecular weight excluding hydrogens is 466 g/mol. The number of hydrogen-bond donors (Lipinski definition) is 3. The SMILES string of the molecule is CCC(O)(C=Cc1ccc(C(CC)(CC)c2ccc(OCC(=O)NCCC(=O)O)c(C)c2)cc1C)CC. The van der Waals surface area contributed by atoms with Gasteiger partial charge in [-0.15, -0.1) is 0 Å². The summed E-state index contributed by atoms with van der Waals surface area (Å²) in [4.78, 5) is 22.6. The van der Waals surface area contributed by atoms with E-state index in [0.717, 1.165) is 24.0 Å². The molecule has 3 N–H and O–H groups in total. The molecule has 0 unspecified atom stereocenters. The first-order valence-electron chi connectivity index (χ1n) is 13.3. The number of aliphatic carboxylic acids is 1. The van der Waals surface area contributed by atoms with Crippen molar-refractivity contribution in [3.05, 3.63) is 70.3 Å². The Bertz CT molecular complexity index is 1100. The number of carboxylic acids is 1. The van der Waals surface area contributed by atoms with Crippen LogP contribution in [0, 0.1) is 13.8 Å². The Morgan fingerprint density at radius 1 is 0.919 bits per heavy atom. The van der Waals surface area contributed by atoms with E-state index in [1.54, 1.807) is 0 Å². The predicted molar refractivity (Wildman–Crippen MR) is 149 cm³/mol. The summed E-state index contributed by atoms with van der Waals surface area (Å²) >= 11 is 0. The van der Waals surface area contributed by atoms with Crippen molar-refractivity contribution in [2.75, 3.05) is 13.2 Å². The smallest absolute Gasteiger partial charge is 0.305 e. The lowest BCUT2D eigenvalue weighted by Crippen LogP contribution is -2.30. The molecule has 2 aromatic rings. The standard InChI is InChI=1S/C31H43NO5/c1-7-30(36,8-2)17-15-24-11-12-25(19-22(24)5)31(9-3,10-4)26-13-14-27(23(6)20-26)37-21-28(33)32-18-16-29(34)35/h11-15,17,19-20,36H,7-10,16,18,21H2,1-6H3,(H,32,33)(H,34,35). The molecule has 0 aromatic heterocycles. The molecule has 0 atom stereocenters. The first kappa shape index (κ1) is 30.1. The zero-order valence-corrected chi connectivity index (χ0v) is 23.2. The molecule has 0 radical (unpaired) electrons.